The van der Waals surface area contributed by atoms with Crippen LogP contribution in [0.1, 0.15) is 11.1 Å². The molecular weight excluding hydrogens is 314 g/mol. The Morgan fingerprint density at radius 2 is 1.89 bits per heavy atom. The first-order chi connectivity index (χ1) is 8.58. The molecule has 0 spiro atoms. The number of benzene rings is 1. The van der Waals surface area contributed by atoms with Crippen molar-refractivity contribution in [2.45, 2.75) is 13.8 Å². The number of hydrogen-bond acceptors (Lipinski definition) is 4. The molecule has 1 aromatic heterocycles. The second-order valence-corrected chi connectivity index (χ2v) is 6.03. The molecule has 0 saturated heterocycles. The normalized spacial score (nSPS) is 10.5. The number of hydrogen-bond donors (Lipinski definition) is 0. The molecular formula is C13H14BrNO2S. The Morgan fingerprint density at radius 3 is 2.39 bits per heavy atom. The average Bonchev–Trinajstić information content (AvgIpc) is 2.79. The number of thiazole rings is 1. The van der Waals surface area contributed by atoms with Crippen LogP contribution in [0.4, 0.5) is 0 Å². The van der Waals surface area contributed by atoms with Crippen molar-refractivity contribution in [1.82, 2.24) is 4.98 Å². The number of methoxy groups -OCH3 is 2. The Balaban J connectivity index is 2.69. The molecule has 0 unspecified atom stereocenters. The van der Waals surface area contributed by atoms with Gasteiger partial charge in [0.15, 0.2) is 3.92 Å². The smallest absolute Gasteiger partial charge is 0.159 e. The van der Waals surface area contributed by atoms with Crippen molar-refractivity contribution in [1.29, 1.82) is 0 Å². The van der Waals surface area contributed by atoms with E-state index in [-0.39, 0.29) is 0 Å². The second-order valence-electron chi connectivity index (χ2n) is 3.90. The molecule has 5 heteroatoms. The van der Waals surface area contributed by atoms with Gasteiger partial charge in [-0.05, 0) is 47.0 Å². The maximum atomic E-state index is 5.51. The van der Waals surface area contributed by atoms with Crippen molar-refractivity contribution in [2.24, 2.45) is 0 Å². The summed E-state index contributed by atoms with van der Waals surface area (Å²) < 4.78 is 11.8. The molecule has 0 bridgehead atoms. The van der Waals surface area contributed by atoms with Crippen LogP contribution in [0.5, 0.6) is 11.5 Å². The standard InChI is InChI=1S/C13H14BrNO2S/c1-7-8(2)12(17-4)9(5-11(7)16-3)10-6-18-13(14)15-10/h5-6H,1-4H3. The molecule has 0 atom stereocenters. The van der Waals surface area contributed by atoms with Crippen molar-refractivity contribution < 1.29 is 9.47 Å². The molecule has 0 fully saturated rings. The highest BCUT2D eigenvalue weighted by atomic mass is 79.9. The van der Waals surface area contributed by atoms with Crippen LogP contribution in [-0.2, 0) is 0 Å². The predicted molar refractivity (Wildman–Crippen MR) is 77.8 cm³/mol. The molecule has 1 aromatic carbocycles. The Labute approximate surface area is 119 Å². The van der Waals surface area contributed by atoms with E-state index in [1.165, 1.54) is 0 Å². The molecule has 0 radical (unpaired) electrons. The molecule has 0 amide bonds. The van der Waals surface area contributed by atoms with Gasteiger partial charge >= 0.3 is 0 Å². The lowest BCUT2D eigenvalue weighted by Gasteiger charge is -2.15. The number of rotatable bonds is 3. The van der Waals surface area contributed by atoms with E-state index >= 15 is 0 Å². The van der Waals surface area contributed by atoms with E-state index in [1.54, 1.807) is 25.6 Å². The molecule has 18 heavy (non-hydrogen) atoms. The van der Waals surface area contributed by atoms with Gasteiger partial charge in [-0.1, -0.05) is 0 Å². The van der Waals surface area contributed by atoms with Gasteiger partial charge in [0, 0.05) is 10.9 Å². The van der Waals surface area contributed by atoms with E-state index in [4.69, 9.17) is 9.47 Å². The molecule has 0 aliphatic carbocycles. The van der Waals surface area contributed by atoms with Gasteiger partial charge in [-0.25, -0.2) is 4.98 Å². The van der Waals surface area contributed by atoms with Crippen molar-refractivity contribution >= 4 is 27.3 Å². The Kier molecular flexibility index (Phi) is 3.92. The van der Waals surface area contributed by atoms with Crippen LogP contribution in [0.3, 0.4) is 0 Å². The first-order valence-corrected chi connectivity index (χ1v) is 7.09. The molecule has 0 aliphatic rings. The summed E-state index contributed by atoms with van der Waals surface area (Å²) in [5.41, 5.74) is 4.02. The fraction of sp³-hybridized carbons (Fsp3) is 0.308. The molecule has 0 aliphatic heterocycles. The van der Waals surface area contributed by atoms with Crippen LogP contribution < -0.4 is 9.47 Å². The van der Waals surface area contributed by atoms with Gasteiger partial charge < -0.3 is 9.47 Å². The van der Waals surface area contributed by atoms with E-state index < -0.39 is 0 Å². The van der Waals surface area contributed by atoms with Crippen LogP contribution in [0.25, 0.3) is 11.3 Å². The molecule has 96 valence electrons. The maximum absolute atomic E-state index is 5.51. The molecule has 2 rings (SSSR count). The maximum Gasteiger partial charge on any atom is 0.159 e. The number of aromatic nitrogens is 1. The monoisotopic (exact) mass is 327 g/mol. The van der Waals surface area contributed by atoms with E-state index in [9.17, 15) is 0 Å². The minimum Gasteiger partial charge on any atom is -0.496 e. The first-order valence-electron chi connectivity index (χ1n) is 5.42. The van der Waals surface area contributed by atoms with Gasteiger partial charge in [0.1, 0.15) is 11.5 Å². The van der Waals surface area contributed by atoms with Gasteiger partial charge in [-0.2, -0.15) is 0 Å². The zero-order valence-corrected chi connectivity index (χ0v) is 13.1. The van der Waals surface area contributed by atoms with Gasteiger partial charge in [-0.3, -0.25) is 0 Å². The minimum atomic E-state index is 0.853. The van der Waals surface area contributed by atoms with Crippen LogP contribution >= 0.6 is 27.3 Å². The van der Waals surface area contributed by atoms with Gasteiger partial charge in [0.25, 0.3) is 0 Å². The van der Waals surface area contributed by atoms with E-state index in [1.807, 2.05) is 25.3 Å². The average molecular weight is 328 g/mol. The Hall–Kier alpha value is -1.07. The Morgan fingerprint density at radius 1 is 1.17 bits per heavy atom. The van der Waals surface area contributed by atoms with Crippen molar-refractivity contribution in [3.05, 3.63) is 26.5 Å². The third-order valence-electron chi connectivity index (χ3n) is 2.97. The molecule has 1 heterocycles. The SMILES string of the molecule is COc1cc(-c2csc(Br)n2)c(OC)c(C)c1C. The van der Waals surface area contributed by atoms with Crippen LogP contribution in [0, 0.1) is 13.8 Å². The van der Waals surface area contributed by atoms with Crippen LogP contribution in [0.2, 0.25) is 0 Å². The van der Waals surface area contributed by atoms with Crippen LogP contribution in [-0.4, -0.2) is 19.2 Å². The highest BCUT2D eigenvalue weighted by Gasteiger charge is 2.16. The summed E-state index contributed by atoms with van der Waals surface area (Å²) in [7, 11) is 3.36. The number of halogens is 1. The molecule has 0 saturated carbocycles. The van der Waals surface area contributed by atoms with Crippen molar-refractivity contribution in [3.63, 3.8) is 0 Å². The molecule has 2 aromatic rings. The van der Waals surface area contributed by atoms with E-state index in [0.717, 1.165) is 37.8 Å². The Bertz CT molecular complexity index is 581. The van der Waals surface area contributed by atoms with Crippen molar-refractivity contribution in [2.75, 3.05) is 14.2 Å². The van der Waals surface area contributed by atoms with Gasteiger partial charge in [-0.15, -0.1) is 11.3 Å². The van der Waals surface area contributed by atoms with Gasteiger partial charge in [0.2, 0.25) is 0 Å². The zero-order chi connectivity index (χ0) is 13.3. The summed E-state index contributed by atoms with van der Waals surface area (Å²) in [4.78, 5) is 4.44. The number of ether oxygens (including phenoxy) is 2. The lowest BCUT2D eigenvalue weighted by Crippen LogP contribution is -1.97. The molecule has 3 nitrogen and oxygen atoms in total. The van der Waals surface area contributed by atoms with Crippen LogP contribution in [0.15, 0.2) is 15.4 Å². The van der Waals surface area contributed by atoms with E-state index in [2.05, 4.69) is 20.9 Å². The van der Waals surface area contributed by atoms with Gasteiger partial charge in [0.05, 0.1) is 19.9 Å². The fourth-order valence-electron chi connectivity index (χ4n) is 1.90. The summed E-state index contributed by atoms with van der Waals surface area (Å²) >= 11 is 4.93. The quantitative estimate of drug-likeness (QED) is 0.846. The predicted octanol–water partition coefficient (Wildman–Crippen LogP) is 4.21. The second kappa shape index (κ2) is 5.28. The summed E-state index contributed by atoms with van der Waals surface area (Å²) in [6.45, 7) is 4.05. The highest BCUT2D eigenvalue weighted by molar-refractivity contribution is 9.11. The molecule has 0 N–H and O–H groups in total. The first kappa shape index (κ1) is 13.4. The van der Waals surface area contributed by atoms with Crippen molar-refractivity contribution in [3.8, 4) is 22.8 Å². The summed E-state index contributed by atoms with van der Waals surface area (Å²) in [5, 5.41) is 2.00. The fourth-order valence-corrected chi connectivity index (χ4v) is 2.91. The topological polar surface area (TPSA) is 31.4 Å². The summed E-state index contributed by atoms with van der Waals surface area (Å²) in [5.74, 6) is 1.71. The zero-order valence-electron chi connectivity index (χ0n) is 10.7. The lowest BCUT2D eigenvalue weighted by atomic mass is 10.0. The third kappa shape index (κ3) is 2.24. The summed E-state index contributed by atoms with van der Waals surface area (Å²) in [6.07, 6.45) is 0. The lowest BCUT2D eigenvalue weighted by molar-refractivity contribution is 0.399. The summed E-state index contributed by atoms with van der Waals surface area (Å²) in [6, 6.07) is 1.97. The minimum absolute atomic E-state index is 0.853. The largest absolute Gasteiger partial charge is 0.496 e. The highest BCUT2D eigenvalue weighted by Crippen LogP contribution is 2.40. The number of nitrogens with zero attached hydrogens (tertiary/aromatic N) is 1. The van der Waals surface area contributed by atoms with E-state index in [0.29, 0.717) is 0 Å². The third-order valence-corrected chi connectivity index (χ3v) is 4.33.